The first kappa shape index (κ1) is 6.45. The van der Waals surface area contributed by atoms with Gasteiger partial charge in [0.1, 0.15) is 0 Å². The van der Waals surface area contributed by atoms with Crippen LogP contribution in [0, 0.1) is 17.9 Å². The molecule has 0 aromatic rings. The van der Waals surface area contributed by atoms with Crippen LogP contribution in [0.1, 0.15) is 13.3 Å². The first-order valence-corrected chi connectivity index (χ1v) is 2.24. The van der Waals surface area contributed by atoms with Crippen molar-refractivity contribution in [3.63, 3.8) is 0 Å². The Bertz CT molecular complexity index is 65.0. The highest BCUT2D eigenvalue weighted by molar-refractivity contribution is 4.81. The molecule has 0 aliphatic heterocycles. The Morgan fingerprint density at radius 3 is 3.00 bits per heavy atom. The summed E-state index contributed by atoms with van der Waals surface area (Å²) in [5, 5.41) is 7.86. The van der Waals surface area contributed by atoms with Crippen LogP contribution < -0.4 is 0 Å². The Morgan fingerprint density at radius 1 is 1.86 bits per heavy atom. The molecule has 0 heterocycles. The van der Waals surface area contributed by atoms with Gasteiger partial charge in [-0.3, -0.25) is 0 Å². The molecule has 0 amide bonds. The summed E-state index contributed by atoms with van der Waals surface area (Å²) in [6.45, 7) is 3.78. The van der Waals surface area contributed by atoms with E-state index in [1.165, 1.54) is 0 Å². The maximum Gasteiger partial charge on any atom is 0.183 e. The second-order valence-corrected chi connectivity index (χ2v) is 1.12. The van der Waals surface area contributed by atoms with E-state index in [0.29, 0.717) is 6.61 Å². The SMILES string of the molecule is CCCO[CH]C#N. The Hall–Kier alpha value is -0.550. The zero-order chi connectivity index (χ0) is 5.54. The maximum atomic E-state index is 7.86. The normalized spacial score (nSPS) is 8.00. The molecule has 0 aliphatic rings. The molecule has 1 radical (unpaired) electrons. The summed E-state index contributed by atoms with van der Waals surface area (Å²) < 4.78 is 4.65. The standard InChI is InChI=1S/C5H8NO/c1-2-4-7-5-3-6/h5H,2,4H2,1H3. The van der Waals surface area contributed by atoms with Crippen LogP contribution in [-0.2, 0) is 4.74 Å². The molecule has 0 rings (SSSR count). The molecule has 0 unspecified atom stereocenters. The van der Waals surface area contributed by atoms with Gasteiger partial charge in [-0.2, -0.15) is 5.26 Å². The van der Waals surface area contributed by atoms with Crippen molar-refractivity contribution < 1.29 is 4.74 Å². The van der Waals surface area contributed by atoms with Gasteiger partial charge in [-0.1, -0.05) is 6.92 Å². The molecular weight excluding hydrogens is 90.1 g/mol. The molecule has 0 N–H and O–H groups in total. The van der Waals surface area contributed by atoms with Crippen LogP contribution in [0.4, 0.5) is 0 Å². The minimum absolute atomic E-state index is 0.646. The van der Waals surface area contributed by atoms with Crippen molar-refractivity contribution in [3.8, 4) is 6.07 Å². The number of hydrogen-bond donors (Lipinski definition) is 0. The van der Waals surface area contributed by atoms with Gasteiger partial charge in [0, 0.05) is 6.61 Å². The lowest BCUT2D eigenvalue weighted by Crippen LogP contribution is -1.85. The minimum Gasteiger partial charge on any atom is -0.359 e. The van der Waals surface area contributed by atoms with Crippen molar-refractivity contribution in [1.82, 2.24) is 0 Å². The van der Waals surface area contributed by atoms with Crippen molar-refractivity contribution >= 4 is 0 Å². The highest BCUT2D eigenvalue weighted by Gasteiger charge is 1.78. The van der Waals surface area contributed by atoms with Crippen LogP contribution in [0.5, 0.6) is 0 Å². The molecule has 0 saturated carbocycles. The van der Waals surface area contributed by atoms with E-state index in [1.54, 1.807) is 6.07 Å². The Balaban J connectivity index is 2.60. The fourth-order valence-electron chi connectivity index (χ4n) is 0.214. The first-order valence-electron chi connectivity index (χ1n) is 2.24. The molecular formula is C5H8NO. The minimum atomic E-state index is 0.646. The molecule has 0 aromatic heterocycles. The van der Waals surface area contributed by atoms with Gasteiger partial charge in [-0.05, 0) is 6.42 Å². The zero-order valence-electron chi connectivity index (χ0n) is 4.35. The van der Waals surface area contributed by atoms with Crippen molar-refractivity contribution in [2.75, 3.05) is 6.61 Å². The quantitative estimate of drug-likeness (QED) is 0.495. The smallest absolute Gasteiger partial charge is 0.183 e. The highest BCUT2D eigenvalue weighted by Crippen LogP contribution is 1.80. The predicted octanol–water partition coefficient (Wildman–Crippen LogP) is 1.10. The molecule has 0 saturated heterocycles. The summed E-state index contributed by atoms with van der Waals surface area (Å²) in [4.78, 5) is 0. The summed E-state index contributed by atoms with van der Waals surface area (Å²) in [7, 11) is 0. The average Bonchev–Trinajstić information content (AvgIpc) is 1.69. The van der Waals surface area contributed by atoms with Gasteiger partial charge < -0.3 is 4.74 Å². The summed E-state index contributed by atoms with van der Waals surface area (Å²) in [5.74, 6) is 0. The van der Waals surface area contributed by atoms with E-state index in [2.05, 4.69) is 4.74 Å². The summed E-state index contributed by atoms with van der Waals surface area (Å²) in [6, 6.07) is 1.76. The molecule has 39 valence electrons. The largest absolute Gasteiger partial charge is 0.359 e. The van der Waals surface area contributed by atoms with E-state index in [0.717, 1.165) is 13.0 Å². The van der Waals surface area contributed by atoms with Gasteiger partial charge in [-0.25, -0.2) is 0 Å². The number of nitrogens with zero attached hydrogens (tertiary/aromatic N) is 1. The van der Waals surface area contributed by atoms with Crippen LogP contribution in [0.3, 0.4) is 0 Å². The second-order valence-electron chi connectivity index (χ2n) is 1.12. The third kappa shape index (κ3) is 5.45. The zero-order valence-corrected chi connectivity index (χ0v) is 4.35. The monoisotopic (exact) mass is 98.1 g/mol. The first-order chi connectivity index (χ1) is 3.41. The maximum absolute atomic E-state index is 7.86. The Morgan fingerprint density at radius 2 is 2.57 bits per heavy atom. The lowest BCUT2D eigenvalue weighted by molar-refractivity contribution is 0.218. The highest BCUT2D eigenvalue weighted by atomic mass is 16.5. The lowest BCUT2D eigenvalue weighted by Gasteiger charge is -1.88. The van der Waals surface area contributed by atoms with E-state index in [9.17, 15) is 0 Å². The summed E-state index contributed by atoms with van der Waals surface area (Å²) >= 11 is 0. The third-order valence-corrected chi connectivity index (χ3v) is 0.458. The molecule has 0 aromatic carbocycles. The van der Waals surface area contributed by atoms with E-state index < -0.39 is 0 Å². The second kappa shape index (κ2) is 5.45. The molecule has 0 aliphatic carbocycles. The van der Waals surface area contributed by atoms with Crippen molar-refractivity contribution in [1.29, 1.82) is 5.26 Å². The fourth-order valence-corrected chi connectivity index (χ4v) is 0.214. The molecule has 0 atom stereocenters. The molecule has 7 heavy (non-hydrogen) atoms. The topological polar surface area (TPSA) is 33.0 Å². The predicted molar refractivity (Wildman–Crippen MR) is 26.2 cm³/mol. The van der Waals surface area contributed by atoms with Gasteiger partial charge in [0.15, 0.2) is 6.61 Å². The van der Waals surface area contributed by atoms with Crippen LogP contribution in [-0.4, -0.2) is 6.61 Å². The number of ether oxygens (including phenoxy) is 1. The number of nitriles is 1. The molecule has 2 heteroatoms. The Kier molecular flexibility index (Phi) is 5.02. The average molecular weight is 98.1 g/mol. The van der Waals surface area contributed by atoms with Crippen LogP contribution >= 0.6 is 0 Å². The number of rotatable bonds is 3. The third-order valence-electron chi connectivity index (χ3n) is 0.458. The van der Waals surface area contributed by atoms with Gasteiger partial charge >= 0.3 is 0 Å². The van der Waals surface area contributed by atoms with Gasteiger partial charge in [0.2, 0.25) is 0 Å². The van der Waals surface area contributed by atoms with Crippen molar-refractivity contribution in [3.05, 3.63) is 6.61 Å². The summed E-state index contributed by atoms with van der Waals surface area (Å²) in [5.41, 5.74) is 0. The van der Waals surface area contributed by atoms with Crippen LogP contribution in [0.25, 0.3) is 0 Å². The van der Waals surface area contributed by atoms with Crippen LogP contribution in [0.15, 0.2) is 0 Å². The lowest BCUT2D eigenvalue weighted by atomic mass is 10.5. The van der Waals surface area contributed by atoms with E-state index in [-0.39, 0.29) is 0 Å². The van der Waals surface area contributed by atoms with E-state index in [4.69, 9.17) is 5.26 Å². The molecule has 0 bridgehead atoms. The Labute approximate surface area is 43.7 Å². The fraction of sp³-hybridized carbons (Fsp3) is 0.600. The molecule has 2 nitrogen and oxygen atoms in total. The van der Waals surface area contributed by atoms with Crippen LogP contribution in [0.2, 0.25) is 0 Å². The molecule has 0 spiro atoms. The summed E-state index contributed by atoms with van der Waals surface area (Å²) in [6.07, 6.45) is 0.957. The van der Waals surface area contributed by atoms with Gasteiger partial charge in [0.25, 0.3) is 0 Å². The molecule has 0 fully saturated rings. The van der Waals surface area contributed by atoms with Crippen molar-refractivity contribution in [2.24, 2.45) is 0 Å². The van der Waals surface area contributed by atoms with E-state index in [1.807, 2.05) is 6.92 Å². The van der Waals surface area contributed by atoms with Gasteiger partial charge in [0.05, 0.1) is 6.07 Å². The van der Waals surface area contributed by atoms with Crippen molar-refractivity contribution in [2.45, 2.75) is 13.3 Å². The van der Waals surface area contributed by atoms with E-state index >= 15 is 0 Å². The van der Waals surface area contributed by atoms with Gasteiger partial charge in [-0.15, -0.1) is 0 Å². The number of hydrogen-bond acceptors (Lipinski definition) is 2.